The van der Waals surface area contributed by atoms with Crippen LogP contribution in [0.1, 0.15) is 20.8 Å². The van der Waals surface area contributed by atoms with Crippen molar-refractivity contribution in [1.29, 1.82) is 0 Å². The Hall–Kier alpha value is -1.84. The molecule has 130 valence electrons. The first-order valence-electron chi connectivity index (χ1n) is 7.82. The SMILES string of the molecule is CC(C)(C)COC(=O)CNP(C)(=O)Oc1cccc2ccccc12. The summed E-state index contributed by atoms with van der Waals surface area (Å²) in [5, 5.41) is 4.54. The summed E-state index contributed by atoms with van der Waals surface area (Å²) in [6.45, 7) is 7.53. The Morgan fingerprint density at radius 2 is 1.79 bits per heavy atom. The molecule has 0 heterocycles. The van der Waals surface area contributed by atoms with Gasteiger partial charge in [0, 0.05) is 12.1 Å². The van der Waals surface area contributed by atoms with E-state index >= 15 is 0 Å². The zero-order valence-corrected chi connectivity index (χ0v) is 15.4. The number of hydrogen-bond acceptors (Lipinski definition) is 4. The van der Waals surface area contributed by atoms with Gasteiger partial charge in [0.1, 0.15) is 12.3 Å². The highest BCUT2D eigenvalue weighted by molar-refractivity contribution is 7.56. The lowest BCUT2D eigenvalue weighted by molar-refractivity contribution is -0.144. The lowest BCUT2D eigenvalue weighted by Gasteiger charge is -2.19. The van der Waals surface area contributed by atoms with Crippen LogP contribution in [-0.4, -0.2) is 25.8 Å². The molecule has 2 rings (SSSR count). The van der Waals surface area contributed by atoms with Crippen LogP contribution in [0.2, 0.25) is 0 Å². The van der Waals surface area contributed by atoms with E-state index in [1.54, 1.807) is 6.07 Å². The highest BCUT2D eigenvalue weighted by Crippen LogP contribution is 2.41. The van der Waals surface area contributed by atoms with Gasteiger partial charge in [-0.25, -0.2) is 5.09 Å². The van der Waals surface area contributed by atoms with E-state index in [9.17, 15) is 9.36 Å². The molecule has 2 aromatic carbocycles. The molecule has 24 heavy (non-hydrogen) atoms. The number of ether oxygens (including phenoxy) is 1. The summed E-state index contributed by atoms with van der Waals surface area (Å²) in [5.74, 6) is 0.0722. The molecule has 0 aromatic heterocycles. The van der Waals surface area contributed by atoms with E-state index in [4.69, 9.17) is 9.26 Å². The summed E-state index contributed by atoms with van der Waals surface area (Å²) < 4.78 is 23.4. The van der Waals surface area contributed by atoms with E-state index in [1.807, 2.05) is 57.2 Å². The van der Waals surface area contributed by atoms with Gasteiger partial charge < -0.3 is 9.26 Å². The van der Waals surface area contributed by atoms with Crippen molar-refractivity contribution in [3.8, 4) is 5.75 Å². The van der Waals surface area contributed by atoms with Crippen molar-refractivity contribution in [2.45, 2.75) is 20.8 Å². The zero-order chi connectivity index (χ0) is 17.8. The summed E-state index contributed by atoms with van der Waals surface area (Å²) in [7, 11) is -3.19. The maximum atomic E-state index is 12.6. The molecule has 0 amide bonds. The van der Waals surface area contributed by atoms with Gasteiger partial charge in [0.05, 0.1) is 6.61 Å². The van der Waals surface area contributed by atoms with Crippen LogP contribution in [0.5, 0.6) is 5.75 Å². The second-order valence-electron chi connectivity index (χ2n) is 6.97. The lowest BCUT2D eigenvalue weighted by atomic mass is 9.99. The third-order valence-corrected chi connectivity index (χ3v) is 4.48. The molecule has 0 aliphatic rings. The summed E-state index contributed by atoms with van der Waals surface area (Å²) in [6.07, 6.45) is 0. The van der Waals surface area contributed by atoms with Crippen LogP contribution in [0.15, 0.2) is 42.5 Å². The fourth-order valence-electron chi connectivity index (χ4n) is 2.05. The van der Waals surface area contributed by atoms with Crippen LogP contribution in [0, 0.1) is 5.41 Å². The molecule has 6 heteroatoms. The summed E-state index contributed by atoms with van der Waals surface area (Å²) in [4.78, 5) is 11.7. The van der Waals surface area contributed by atoms with Crippen molar-refractivity contribution < 1.29 is 18.6 Å². The molecule has 0 bridgehead atoms. The van der Waals surface area contributed by atoms with Crippen molar-refractivity contribution in [1.82, 2.24) is 5.09 Å². The van der Waals surface area contributed by atoms with E-state index in [-0.39, 0.29) is 12.0 Å². The molecule has 0 aliphatic carbocycles. The van der Waals surface area contributed by atoms with Crippen LogP contribution in [-0.2, 0) is 14.1 Å². The van der Waals surface area contributed by atoms with Gasteiger partial charge in [-0.15, -0.1) is 0 Å². The van der Waals surface area contributed by atoms with E-state index < -0.39 is 13.5 Å². The van der Waals surface area contributed by atoms with Gasteiger partial charge in [-0.3, -0.25) is 9.36 Å². The number of nitrogens with one attached hydrogen (secondary N) is 1. The van der Waals surface area contributed by atoms with Gasteiger partial charge in [0.25, 0.3) is 0 Å². The molecule has 5 nitrogen and oxygen atoms in total. The van der Waals surface area contributed by atoms with Crippen LogP contribution in [0.4, 0.5) is 0 Å². The van der Waals surface area contributed by atoms with Gasteiger partial charge >= 0.3 is 13.5 Å². The molecule has 1 unspecified atom stereocenters. The Morgan fingerprint density at radius 1 is 1.12 bits per heavy atom. The average molecular weight is 349 g/mol. The topological polar surface area (TPSA) is 64.6 Å². The largest absolute Gasteiger partial charge is 0.464 e. The smallest absolute Gasteiger partial charge is 0.320 e. The first-order valence-corrected chi connectivity index (χ1v) is 9.89. The standard InChI is InChI=1S/C18H24NO4P/c1-18(2,3)13-22-17(20)12-19-24(4,21)23-16-11-7-9-14-8-5-6-10-15(14)16/h5-11H,12-13H2,1-4H3,(H,19,21). The molecule has 2 aromatic rings. The fraction of sp³-hybridized carbons (Fsp3) is 0.389. The predicted octanol–water partition coefficient (Wildman–Crippen LogP) is 4.22. The Kier molecular flexibility index (Phi) is 5.68. The number of rotatable bonds is 6. The Morgan fingerprint density at radius 3 is 2.50 bits per heavy atom. The van der Waals surface area contributed by atoms with Gasteiger partial charge in [0.15, 0.2) is 0 Å². The van der Waals surface area contributed by atoms with E-state index in [1.165, 1.54) is 6.66 Å². The molecule has 0 spiro atoms. The van der Waals surface area contributed by atoms with E-state index in [2.05, 4.69) is 5.09 Å². The number of fused-ring (bicyclic) bond motifs is 1. The van der Waals surface area contributed by atoms with Crippen LogP contribution < -0.4 is 9.61 Å². The zero-order valence-electron chi connectivity index (χ0n) is 14.5. The van der Waals surface area contributed by atoms with Gasteiger partial charge in [-0.2, -0.15) is 0 Å². The normalized spacial score (nSPS) is 14.2. The number of benzene rings is 2. The number of carbonyl (C=O) groups is 1. The van der Waals surface area contributed by atoms with Crippen molar-refractivity contribution >= 4 is 24.3 Å². The molecular formula is C18H24NO4P. The number of hydrogen-bond donors (Lipinski definition) is 1. The number of esters is 1. The molecule has 0 aliphatic heterocycles. The molecular weight excluding hydrogens is 325 g/mol. The maximum Gasteiger partial charge on any atom is 0.320 e. The van der Waals surface area contributed by atoms with E-state index in [0.29, 0.717) is 12.4 Å². The molecule has 0 radical (unpaired) electrons. The Balaban J connectivity index is 1.98. The predicted molar refractivity (Wildman–Crippen MR) is 96.5 cm³/mol. The highest BCUT2D eigenvalue weighted by atomic mass is 31.2. The maximum absolute atomic E-state index is 12.6. The minimum absolute atomic E-state index is 0.106. The second kappa shape index (κ2) is 7.37. The second-order valence-corrected chi connectivity index (χ2v) is 9.16. The van der Waals surface area contributed by atoms with Gasteiger partial charge in [-0.1, -0.05) is 57.2 Å². The Bertz CT molecular complexity index is 762. The third-order valence-electron chi connectivity index (χ3n) is 3.20. The lowest BCUT2D eigenvalue weighted by Crippen LogP contribution is -2.27. The molecule has 0 saturated heterocycles. The Labute approximate surface area is 142 Å². The van der Waals surface area contributed by atoms with Crippen molar-refractivity contribution in [2.24, 2.45) is 5.41 Å². The molecule has 1 N–H and O–H groups in total. The monoisotopic (exact) mass is 349 g/mol. The van der Waals surface area contributed by atoms with Crippen molar-refractivity contribution in [2.75, 3.05) is 19.8 Å². The minimum Gasteiger partial charge on any atom is -0.464 e. The van der Waals surface area contributed by atoms with Crippen molar-refractivity contribution in [3.05, 3.63) is 42.5 Å². The molecule has 0 saturated carbocycles. The summed E-state index contributed by atoms with van der Waals surface area (Å²) >= 11 is 0. The fourth-order valence-corrected chi connectivity index (χ4v) is 3.07. The summed E-state index contributed by atoms with van der Waals surface area (Å²) in [6, 6.07) is 13.3. The quantitative estimate of drug-likeness (QED) is 0.625. The molecule has 1 atom stereocenters. The van der Waals surface area contributed by atoms with Crippen LogP contribution in [0.3, 0.4) is 0 Å². The van der Waals surface area contributed by atoms with Crippen LogP contribution in [0.25, 0.3) is 10.8 Å². The average Bonchev–Trinajstić information content (AvgIpc) is 2.50. The van der Waals surface area contributed by atoms with Crippen molar-refractivity contribution in [3.63, 3.8) is 0 Å². The first kappa shape index (κ1) is 18.5. The molecule has 0 fully saturated rings. The summed E-state index contributed by atoms with van der Waals surface area (Å²) in [5.41, 5.74) is -0.106. The third kappa shape index (κ3) is 5.66. The number of carbonyl (C=O) groups excluding carboxylic acids is 1. The van der Waals surface area contributed by atoms with Gasteiger partial charge in [0.2, 0.25) is 0 Å². The van der Waals surface area contributed by atoms with Gasteiger partial charge in [-0.05, 0) is 16.9 Å². The van der Waals surface area contributed by atoms with E-state index in [0.717, 1.165) is 10.8 Å². The minimum atomic E-state index is -3.19. The highest BCUT2D eigenvalue weighted by Gasteiger charge is 2.21. The first-order chi connectivity index (χ1) is 11.2. The van der Waals surface area contributed by atoms with Crippen LogP contribution >= 0.6 is 7.52 Å².